The van der Waals surface area contributed by atoms with Gasteiger partial charge in [-0.3, -0.25) is 8.98 Å². The normalized spacial score (nSPS) is 29.0. The van der Waals surface area contributed by atoms with Crippen molar-refractivity contribution < 1.29 is 102 Å². The van der Waals surface area contributed by atoms with E-state index in [9.17, 15) is 17.8 Å². The Morgan fingerprint density at radius 2 is 1.31 bits per heavy atom. The van der Waals surface area contributed by atoms with Crippen molar-refractivity contribution >= 4 is 16.3 Å². The van der Waals surface area contributed by atoms with Gasteiger partial charge in [0, 0.05) is 26.7 Å². The van der Waals surface area contributed by atoms with Crippen LogP contribution in [0.5, 0.6) is 0 Å². The van der Waals surface area contributed by atoms with Gasteiger partial charge in [0.25, 0.3) is 0 Å². The van der Waals surface area contributed by atoms with E-state index >= 15 is 0 Å². The average Bonchev–Trinajstić information content (AvgIpc) is 2.99. The smallest absolute Gasteiger partial charge is 0.726 e. The molecule has 2 fully saturated rings. The van der Waals surface area contributed by atoms with E-state index in [0.29, 0.717) is 6.61 Å². The van der Waals surface area contributed by atoms with E-state index in [1.807, 2.05) is 0 Å². The van der Waals surface area contributed by atoms with Crippen LogP contribution in [0.25, 0.3) is 0 Å². The van der Waals surface area contributed by atoms with E-state index in [-0.39, 0.29) is 70.5 Å². The first kappa shape index (κ1) is 46.5. The number of carbonyl (C=O) groups is 1. The van der Waals surface area contributed by atoms with Crippen molar-refractivity contribution in [1.29, 1.82) is 0 Å². The number of ether oxygens (including phenoxy) is 6. The second-order valence-electron chi connectivity index (χ2n) is 12.7. The fourth-order valence-corrected chi connectivity index (χ4v) is 6.47. The van der Waals surface area contributed by atoms with Crippen LogP contribution < -0.4 is 56.7 Å². The van der Waals surface area contributed by atoms with Gasteiger partial charge in [-0.2, -0.15) is 0 Å². The minimum absolute atomic E-state index is 0. The summed E-state index contributed by atoms with van der Waals surface area (Å²) in [4.78, 5) is 12.3. The predicted molar refractivity (Wildman–Crippen MR) is 177 cm³/mol. The van der Waals surface area contributed by atoms with Crippen molar-refractivity contribution in [2.45, 2.75) is 174 Å². The number of hydrogen-bond acceptors (Lipinski definition) is 11. The van der Waals surface area contributed by atoms with Crippen LogP contribution in [-0.2, 0) is 47.8 Å². The molecule has 0 aromatic carbocycles. The van der Waals surface area contributed by atoms with E-state index in [1.54, 1.807) is 27.7 Å². The summed E-state index contributed by atoms with van der Waals surface area (Å²) >= 11 is 0. The summed E-state index contributed by atoms with van der Waals surface area (Å²) < 4.78 is 75.6. The van der Waals surface area contributed by atoms with Crippen LogP contribution in [0.1, 0.15) is 131 Å². The predicted octanol–water partition coefficient (Wildman–Crippen LogP) is 3.04. The molecule has 2 rings (SSSR count). The van der Waals surface area contributed by atoms with Crippen molar-refractivity contribution in [2.24, 2.45) is 0 Å². The van der Waals surface area contributed by atoms with Crippen molar-refractivity contribution in [2.75, 3.05) is 26.4 Å². The molecule has 0 unspecified atom stereocenters. The van der Waals surface area contributed by atoms with E-state index in [0.717, 1.165) is 32.1 Å². The van der Waals surface area contributed by atoms with Crippen LogP contribution in [0.4, 0.5) is 0 Å². The van der Waals surface area contributed by atoms with Gasteiger partial charge < -0.3 is 38.3 Å². The Bertz CT molecular complexity index is 1020. The largest absolute Gasteiger partial charge is 1.00 e. The summed E-state index contributed by atoms with van der Waals surface area (Å²) in [5.41, 5.74) is 0. The van der Waals surface area contributed by atoms with Crippen molar-refractivity contribution in [3.8, 4) is 0 Å². The first-order chi connectivity index (χ1) is 22.4. The number of allylic oxidation sites excluding steroid dienone is 2. The third kappa shape index (κ3) is 16.4. The topological polar surface area (TPSA) is 151 Å². The Kier molecular flexibility index (Phi) is 23.9. The Hall–Kier alpha value is 0.476. The van der Waals surface area contributed by atoms with Gasteiger partial charge in [-0.05, 0) is 59.8 Å². The molecule has 2 heterocycles. The number of carbonyl (C=O) groups excluding carboxylic acids is 1. The molecule has 0 aromatic rings. The van der Waals surface area contributed by atoms with Gasteiger partial charge in [-0.1, -0.05) is 76.9 Å². The maximum absolute atomic E-state index is 12.3. The van der Waals surface area contributed by atoms with Gasteiger partial charge in [0.1, 0.15) is 24.4 Å². The molecule has 2 aliphatic rings. The number of nitrogens with one attached hydrogen (secondary N) is 1. The van der Waals surface area contributed by atoms with Crippen LogP contribution in [0.3, 0.4) is 0 Å². The van der Waals surface area contributed by atoms with E-state index in [2.05, 4.69) is 28.6 Å². The van der Waals surface area contributed by atoms with Crippen molar-refractivity contribution in [3.05, 3.63) is 12.2 Å². The fourth-order valence-electron chi connectivity index (χ4n) is 6.16. The van der Waals surface area contributed by atoms with Crippen LogP contribution in [0, 0.1) is 0 Å². The Balaban J connectivity index is 0.0000115. The second kappa shape index (κ2) is 24.7. The first-order valence-corrected chi connectivity index (χ1v) is 19.2. The monoisotopic (exact) mass is 731 g/mol. The van der Waals surface area contributed by atoms with Crippen molar-refractivity contribution in [1.82, 2.24) is 5.32 Å². The molecule has 2 aliphatic heterocycles. The Morgan fingerprint density at radius 3 is 1.81 bits per heavy atom. The third-order valence-electron chi connectivity index (χ3n) is 8.72. The summed E-state index contributed by atoms with van der Waals surface area (Å²) in [7, 11) is -5.02. The Labute approximate surface area is 332 Å². The van der Waals surface area contributed by atoms with Gasteiger partial charge in [0.15, 0.2) is 6.29 Å². The van der Waals surface area contributed by atoms with Gasteiger partial charge in [0.2, 0.25) is 27.9 Å². The zero-order valence-corrected chi connectivity index (χ0v) is 34.6. The number of rotatable bonds is 25. The van der Waals surface area contributed by atoms with Crippen LogP contribution in [0.2, 0.25) is 0 Å². The number of hydrogen-bond donors (Lipinski definition) is 1. The molecule has 14 heteroatoms. The van der Waals surface area contributed by atoms with E-state index in [4.69, 9.17) is 28.4 Å². The molecule has 1 N–H and O–H groups in total. The second-order valence-corrected chi connectivity index (χ2v) is 13.7. The third-order valence-corrected chi connectivity index (χ3v) is 9.14. The molecule has 48 heavy (non-hydrogen) atoms. The molecule has 0 aliphatic carbocycles. The Morgan fingerprint density at radius 1 is 0.812 bits per heavy atom. The van der Waals surface area contributed by atoms with Crippen LogP contribution in [0.15, 0.2) is 12.2 Å². The first-order valence-electron chi connectivity index (χ1n) is 17.8. The van der Waals surface area contributed by atoms with Gasteiger partial charge >= 0.3 is 51.4 Å². The maximum atomic E-state index is 12.3. The summed E-state index contributed by atoms with van der Waals surface area (Å²) in [5, 5.41) is 2.85. The van der Waals surface area contributed by atoms with E-state index in [1.165, 1.54) is 64.7 Å². The minimum atomic E-state index is -5.02. The zero-order valence-electron chi connectivity index (χ0n) is 30.7. The summed E-state index contributed by atoms with van der Waals surface area (Å²) in [6.07, 6.45) is 17.2. The van der Waals surface area contributed by atoms with Crippen LogP contribution in [-0.4, -0.2) is 87.5 Å². The van der Waals surface area contributed by atoms with Gasteiger partial charge in [0.05, 0.1) is 6.61 Å². The maximum Gasteiger partial charge on any atom is 1.00 e. The molecular formula is C34H62KNO11S. The number of amides is 1. The molecule has 0 radical (unpaired) electrons. The fraction of sp³-hybridized carbons (Fsp3) is 0.912. The SMILES string of the molecule is CCCCCCCC/C=C\CCCCCCCCO[C@H]1O[C@H](COS(=O)(=O)[O-])[C@H]2O[C@](C)(OCC)[C@@](C)(OCC)O[C@@H]2[C@H]1NC(C)=O.[K+]. The molecule has 7 atom stereocenters. The molecule has 276 valence electrons. The zero-order chi connectivity index (χ0) is 34.8. The van der Waals surface area contributed by atoms with Gasteiger partial charge in [-0.25, -0.2) is 8.42 Å². The number of fused-ring (bicyclic) bond motifs is 1. The molecule has 12 nitrogen and oxygen atoms in total. The van der Waals surface area contributed by atoms with Crippen molar-refractivity contribution in [3.63, 3.8) is 0 Å². The number of unbranched alkanes of at least 4 members (excludes halogenated alkanes) is 12. The standard InChI is InChI=1S/C34H63NO11S.K/c1-7-10-11-12-13-14-15-16-17-18-19-20-21-22-23-24-25-40-32-29(35-27(4)36)31-30(28(44-32)26-43-47(37,38)39)45-33(5,41-8-2)34(6,46-31)42-9-3;/h16-17,28-32H,7-15,18-26H2,1-6H3,(H,35,36)(H,37,38,39);/q;+1/p-1/b17-16-;/t28-,29-,30-,31-,32+,33+,34+;/m1./s1. The summed E-state index contributed by atoms with van der Waals surface area (Å²) in [6, 6.07) is -0.835. The molecule has 0 bridgehead atoms. The van der Waals surface area contributed by atoms with Crippen LogP contribution >= 0.6 is 0 Å². The average molecular weight is 732 g/mol. The molecule has 2 saturated heterocycles. The van der Waals surface area contributed by atoms with Gasteiger partial charge in [-0.15, -0.1) is 0 Å². The van der Waals surface area contributed by atoms with E-state index < -0.39 is 59.2 Å². The minimum Gasteiger partial charge on any atom is -0.726 e. The summed E-state index contributed by atoms with van der Waals surface area (Å²) in [5.74, 6) is -3.19. The molecule has 0 saturated carbocycles. The summed E-state index contributed by atoms with van der Waals surface area (Å²) in [6.45, 7) is 10.8. The quantitative estimate of drug-likeness (QED) is 0.0485. The molecule has 0 aromatic heterocycles. The molecule has 0 spiro atoms. The molecular weight excluding hydrogens is 670 g/mol. The molecule has 1 amide bonds.